The van der Waals surface area contributed by atoms with Crippen LogP contribution in [-0.2, 0) is 19.1 Å². The number of hydrogen-bond acceptors (Lipinski definition) is 6. The summed E-state index contributed by atoms with van der Waals surface area (Å²) in [4.78, 5) is 49.9. The van der Waals surface area contributed by atoms with Gasteiger partial charge in [0.25, 0.3) is 11.8 Å². The zero-order valence-corrected chi connectivity index (χ0v) is 18.6. The number of anilines is 1. The normalized spacial score (nSPS) is 15.1. The Kier molecular flexibility index (Phi) is 7.17. The molecule has 1 fully saturated rings. The van der Waals surface area contributed by atoms with Crippen molar-refractivity contribution in [3.63, 3.8) is 0 Å². The molecule has 32 heavy (non-hydrogen) atoms. The van der Waals surface area contributed by atoms with Gasteiger partial charge < -0.3 is 9.47 Å². The molecule has 0 spiro atoms. The molecule has 3 rings (SSSR count). The van der Waals surface area contributed by atoms with Crippen molar-refractivity contribution in [3.8, 4) is 5.75 Å². The minimum atomic E-state index is -0.849. The van der Waals surface area contributed by atoms with Crippen LogP contribution >= 0.6 is 23.2 Å². The number of nitrogens with one attached hydrogen (secondary N) is 1. The maximum absolute atomic E-state index is 12.9. The molecule has 4 amide bonds. The van der Waals surface area contributed by atoms with Crippen molar-refractivity contribution >= 4 is 58.8 Å². The van der Waals surface area contributed by atoms with Gasteiger partial charge in [0.1, 0.15) is 5.57 Å². The van der Waals surface area contributed by atoms with E-state index >= 15 is 0 Å². The van der Waals surface area contributed by atoms with E-state index < -0.39 is 23.8 Å². The second-order valence-electron chi connectivity index (χ2n) is 6.70. The number of urea groups is 1. The minimum Gasteiger partial charge on any atom is -0.479 e. The fraction of sp³-hybridized carbons (Fsp3) is 0.182. The number of ether oxygens (including phenoxy) is 2. The Morgan fingerprint density at radius 2 is 1.72 bits per heavy atom. The molecular formula is C22H18Cl2N2O6. The van der Waals surface area contributed by atoms with Gasteiger partial charge in [0.15, 0.2) is 12.4 Å². The van der Waals surface area contributed by atoms with Crippen molar-refractivity contribution in [3.05, 3.63) is 63.1 Å². The summed E-state index contributed by atoms with van der Waals surface area (Å²) in [6.45, 7) is 3.34. The number of aryl methyl sites for hydroxylation is 1. The Hall–Kier alpha value is -3.36. The summed E-state index contributed by atoms with van der Waals surface area (Å²) in [6.07, 6.45) is 1.26. The second-order valence-corrected chi connectivity index (χ2v) is 7.52. The predicted octanol–water partition coefficient (Wildman–Crippen LogP) is 3.91. The van der Waals surface area contributed by atoms with Gasteiger partial charge in [0, 0.05) is 0 Å². The van der Waals surface area contributed by atoms with Gasteiger partial charge in [0.2, 0.25) is 0 Å². The minimum absolute atomic E-state index is 0.0550. The third-order valence-corrected chi connectivity index (χ3v) is 4.93. The van der Waals surface area contributed by atoms with Gasteiger partial charge in [-0.1, -0.05) is 40.9 Å². The van der Waals surface area contributed by atoms with Crippen molar-refractivity contribution in [1.29, 1.82) is 0 Å². The molecule has 1 aliphatic rings. The number of barbiturate groups is 1. The molecule has 0 bridgehead atoms. The summed E-state index contributed by atoms with van der Waals surface area (Å²) < 4.78 is 10.1. The number of halogens is 2. The highest BCUT2D eigenvalue weighted by molar-refractivity contribution is 6.40. The van der Waals surface area contributed by atoms with Crippen molar-refractivity contribution in [2.45, 2.75) is 13.8 Å². The fourth-order valence-electron chi connectivity index (χ4n) is 2.89. The van der Waals surface area contributed by atoms with Crippen LogP contribution in [-0.4, -0.2) is 37.0 Å². The number of amides is 4. The van der Waals surface area contributed by atoms with Crippen molar-refractivity contribution < 1.29 is 28.7 Å². The number of nitrogens with zero attached hydrogens (tertiary/aromatic N) is 1. The average molecular weight is 477 g/mol. The lowest BCUT2D eigenvalue weighted by Crippen LogP contribution is -2.54. The van der Waals surface area contributed by atoms with Gasteiger partial charge in [-0.3, -0.25) is 14.9 Å². The van der Waals surface area contributed by atoms with Crippen LogP contribution in [0.2, 0.25) is 10.0 Å². The molecule has 0 atom stereocenters. The molecule has 10 heteroatoms. The Balaban J connectivity index is 1.89. The number of hydrogen-bond donors (Lipinski definition) is 1. The smallest absolute Gasteiger partial charge is 0.344 e. The largest absolute Gasteiger partial charge is 0.479 e. The van der Waals surface area contributed by atoms with Crippen LogP contribution in [0.15, 0.2) is 42.0 Å². The van der Waals surface area contributed by atoms with Crippen LogP contribution in [0.3, 0.4) is 0 Å². The number of rotatable bonds is 6. The first kappa shape index (κ1) is 23.3. The van der Waals surface area contributed by atoms with Gasteiger partial charge >= 0.3 is 12.0 Å². The summed E-state index contributed by atoms with van der Waals surface area (Å²) in [5, 5.41) is 2.26. The number of imide groups is 2. The zero-order valence-electron chi connectivity index (χ0n) is 17.1. The SMILES string of the molecule is CCOC(=O)COc1c(Cl)cc(C=C2C(=O)NC(=O)N(c3ccc(C)cc3)C2=O)cc1Cl. The maximum atomic E-state index is 12.9. The van der Waals surface area contributed by atoms with Gasteiger partial charge in [0.05, 0.1) is 22.3 Å². The van der Waals surface area contributed by atoms with Crippen LogP contribution in [0.4, 0.5) is 10.5 Å². The van der Waals surface area contributed by atoms with Crippen LogP contribution in [0.1, 0.15) is 18.1 Å². The standard InChI is InChI=1S/C22H18Cl2N2O6/c1-3-31-18(27)11-32-19-16(23)9-13(10-17(19)24)8-15-20(28)25-22(30)26(21(15)29)14-6-4-12(2)5-7-14/h4-10H,3,11H2,1-2H3,(H,25,28,30). The Morgan fingerprint density at radius 1 is 1.09 bits per heavy atom. The van der Waals surface area contributed by atoms with E-state index in [1.165, 1.54) is 18.2 Å². The second kappa shape index (κ2) is 9.84. The molecule has 0 unspecified atom stereocenters. The Morgan fingerprint density at radius 3 is 2.31 bits per heavy atom. The molecule has 2 aromatic rings. The van der Waals surface area contributed by atoms with Crippen LogP contribution in [0.5, 0.6) is 5.75 Å². The van der Waals surface area contributed by atoms with Gasteiger partial charge in [-0.15, -0.1) is 0 Å². The van der Waals surface area contributed by atoms with Crippen LogP contribution in [0, 0.1) is 6.92 Å². The van der Waals surface area contributed by atoms with E-state index in [0.717, 1.165) is 10.5 Å². The molecule has 0 aliphatic carbocycles. The molecule has 166 valence electrons. The number of carbonyl (C=O) groups excluding carboxylic acids is 4. The highest BCUT2D eigenvalue weighted by Gasteiger charge is 2.36. The average Bonchev–Trinajstić information content (AvgIpc) is 2.72. The highest BCUT2D eigenvalue weighted by Crippen LogP contribution is 2.35. The van der Waals surface area contributed by atoms with E-state index in [-0.39, 0.29) is 34.6 Å². The summed E-state index contributed by atoms with van der Waals surface area (Å²) in [6, 6.07) is 8.66. The first-order valence-electron chi connectivity index (χ1n) is 9.46. The topological polar surface area (TPSA) is 102 Å². The van der Waals surface area contributed by atoms with Gasteiger partial charge in [-0.05, 0) is 49.8 Å². The predicted molar refractivity (Wildman–Crippen MR) is 119 cm³/mol. The molecule has 0 aromatic heterocycles. The summed E-state index contributed by atoms with van der Waals surface area (Å²) in [7, 11) is 0. The molecule has 1 N–H and O–H groups in total. The highest BCUT2D eigenvalue weighted by atomic mass is 35.5. The number of carbonyl (C=O) groups is 4. The first-order valence-corrected chi connectivity index (χ1v) is 10.2. The Bertz CT molecular complexity index is 1100. The van der Waals surface area contributed by atoms with Gasteiger partial charge in [-0.2, -0.15) is 0 Å². The monoisotopic (exact) mass is 476 g/mol. The lowest BCUT2D eigenvalue weighted by molar-refractivity contribution is -0.145. The third-order valence-electron chi connectivity index (χ3n) is 4.37. The lowest BCUT2D eigenvalue weighted by Gasteiger charge is -2.26. The van der Waals surface area contributed by atoms with E-state index in [1.54, 1.807) is 31.2 Å². The number of benzene rings is 2. The molecule has 0 radical (unpaired) electrons. The zero-order chi connectivity index (χ0) is 23.4. The molecule has 1 aliphatic heterocycles. The summed E-state index contributed by atoms with van der Waals surface area (Å²) in [5.74, 6) is -2.17. The van der Waals surface area contributed by atoms with E-state index in [0.29, 0.717) is 11.3 Å². The molecule has 2 aromatic carbocycles. The van der Waals surface area contributed by atoms with E-state index in [1.807, 2.05) is 6.92 Å². The van der Waals surface area contributed by atoms with Crippen LogP contribution in [0.25, 0.3) is 6.08 Å². The quantitative estimate of drug-likeness (QED) is 0.385. The van der Waals surface area contributed by atoms with E-state index in [2.05, 4.69) is 5.32 Å². The fourth-order valence-corrected chi connectivity index (χ4v) is 3.50. The van der Waals surface area contributed by atoms with Crippen molar-refractivity contribution in [2.24, 2.45) is 0 Å². The molecule has 8 nitrogen and oxygen atoms in total. The van der Waals surface area contributed by atoms with Crippen molar-refractivity contribution in [2.75, 3.05) is 18.1 Å². The maximum Gasteiger partial charge on any atom is 0.344 e. The van der Waals surface area contributed by atoms with Gasteiger partial charge in [-0.25, -0.2) is 14.5 Å². The lowest BCUT2D eigenvalue weighted by atomic mass is 10.1. The number of esters is 1. The Labute approximate surface area is 193 Å². The third kappa shape index (κ3) is 5.09. The molecule has 1 saturated heterocycles. The van der Waals surface area contributed by atoms with Crippen LogP contribution < -0.4 is 15.0 Å². The summed E-state index contributed by atoms with van der Waals surface area (Å²) >= 11 is 12.4. The molecular weight excluding hydrogens is 459 g/mol. The van der Waals surface area contributed by atoms with E-state index in [4.69, 9.17) is 32.7 Å². The molecule has 1 heterocycles. The first-order chi connectivity index (χ1) is 15.2. The van der Waals surface area contributed by atoms with E-state index in [9.17, 15) is 19.2 Å². The molecule has 0 saturated carbocycles. The summed E-state index contributed by atoms with van der Waals surface area (Å²) in [5.41, 5.74) is 1.30. The van der Waals surface area contributed by atoms with Crippen molar-refractivity contribution in [1.82, 2.24) is 5.32 Å².